The molecule has 60 heavy (non-hydrogen) atoms. The van der Waals surface area contributed by atoms with Crippen molar-refractivity contribution >= 4 is 71.4 Å². The summed E-state index contributed by atoms with van der Waals surface area (Å²) in [7, 11) is 0. The minimum absolute atomic E-state index is 0.0550. The van der Waals surface area contributed by atoms with Crippen molar-refractivity contribution in [3.63, 3.8) is 0 Å². The van der Waals surface area contributed by atoms with E-state index in [1.807, 2.05) is 0 Å². The lowest BCUT2D eigenvalue weighted by Gasteiger charge is -2.13. The summed E-state index contributed by atoms with van der Waals surface area (Å²) in [6, 6.07) is 41.0. The molecule has 0 bridgehead atoms. The van der Waals surface area contributed by atoms with E-state index in [0.717, 1.165) is 0 Å². The highest BCUT2D eigenvalue weighted by Crippen LogP contribution is 2.41. The Morgan fingerprint density at radius 2 is 0.450 bits per heavy atom. The van der Waals surface area contributed by atoms with E-state index in [1.165, 1.54) is 37.3 Å². The Bertz CT molecular complexity index is 2540. The normalized spacial score (nSPS) is 12.0. The molecule has 0 amide bonds. The molecule has 7 aromatic carbocycles. The zero-order valence-electron chi connectivity index (χ0n) is 31.7. The number of aromatic hydroxyl groups is 6. The molecule has 6 N–H and O–H groups in total. The smallest absolute Gasteiger partial charge is 0.140 e. The summed E-state index contributed by atoms with van der Waals surface area (Å²) in [6.45, 7) is 0. The van der Waals surface area contributed by atoms with Gasteiger partial charge in [-0.15, -0.1) is 0 Å². The topological polar surface area (TPSA) is 196 Å². The molecule has 0 saturated heterocycles. The lowest BCUT2D eigenvalue weighted by atomic mass is 10.0. The van der Waals surface area contributed by atoms with Gasteiger partial charge in [-0.3, -0.25) is 30.0 Å². The fraction of sp³-hybridized carbons (Fsp3) is 0. The molecular formula is C48H36N6O6. The van der Waals surface area contributed by atoms with Gasteiger partial charge >= 0.3 is 0 Å². The van der Waals surface area contributed by atoms with E-state index in [4.69, 9.17) is 0 Å². The predicted octanol–water partition coefficient (Wildman–Crippen LogP) is 10.4. The first-order chi connectivity index (χ1) is 29.3. The molecule has 0 unspecified atom stereocenters. The van der Waals surface area contributed by atoms with Gasteiger partial charge in [-0.2, -0.15) is 0 Å². The summed E-state index contributed by atoms with van der Waals surface area (Å²) in [5.41, 5.74) is 3.40. The van der Waals surface area contributed by atoms with E-state index in [2.05, 4.69) is 30.0 Å². The molecule has 294 valence electrons. The van der Waals surface area contributed by atoms with Gasteiger partial charge in [0.2, 0.25) is 0 Å². The Balaban J connectivity index is 1.30. The van der Waals surface area contributed by atoms with Crippen molar-refractivity contribution in [2.45, 2.75) is 0 Å². The first kappa shape index (κ1) is 39.6. The SMILES string of the molecule is Oc1ccccc1C=Nc1ccccc1N=Cc1c(O)c(C=Nc2ccccc2N=Cc2ccccc2O)c(O)c(C=Nc2ccccc2N=Cc2ccccc2O)c1O. The maximum absolute atomic E-state index is 11.7. The number of aliphatic imine (C=N–C) groups is 6. The Morgan fingerprint density at radius 1 is 0.250 bits per heavy atom. The Kier molecular flexibility index (Phi) is 12.2. The highest BCUT2D eigenvalue weighted by Gasteiger charge is 2.22. The maximum Gasteiger partial charge on any atom is 0.140 e. The first-order valence-corrected chi connectivity index (χ1v) is 18.4. The third kappa shape index (κ3) is 9.31. The largest absolute Gasteiger partial charge is 0.507 e. The second-order valence-electron chi connectivity index (χ2n) is 13.0. The number of hydrogen-bond acceptors (Lipinski definition) is 12. The van der Waals surface area contributed by atoms with Crippen LogP contribution in [0.25, 0.3) is 0 Å². The van der Waals surface area contributed by atoms with Crippen LogP contribution in [0.5, 0.6) is 34.5 Å². The third-order valence-electron chi connectivity index (χ3n) is 9.01. The van der Waals surface area contributed by atoms with E-state index in [-0.39, 0.29) is 33.9 Å². The van der Waals surface area contributed by atoms with Crippen LogP contribution in [0.1, 0.15) is 33.4 Å². The Labute approximate surface area is 344 Å². The second kappa shape index (κ2) is 18.5. The number of nitrogens with zero attached hydrogens (tertiary/aromatic N) is 6. The van der Waals surface area contributed by atoms with E-state index >= 15 is 0 Å². The van der Waals surface area contributed by atoms with Crippen LogP contribution in [-0.2, 0) is 0 Å². The molecule has 0 aliphatic heterocycles. The van der Waals surface area contributed by atoms with Crippen molar-refractivity contribution in [2.75, 3.05) is 0 Å². The molecular weight excluding hydrogens is 757 g/mol. The van der Waals surface area contributed by atoms with Crippen molar-refractivity contribution in [1.29, 1.82) is 0 Å². The number of para-hydroxylation sites is 9. The molecule has 0 aliphatic carbocycles. The summed E-state index contributed by atoms with van der Waals surface area (Å²) in [6.07, 6.45) is 8.21. The molecule has 12 nitrogen and oxygen atoms in total. The van der Waals surface area contributed by atoms with Crippen LogP contribution in [0, 0.1) is 0 Å². The minimum atomic E-state index is -0.535. The van der Waals surface area contributed by atoms with Gasteiger partial charge in [0.05, 0.1) is 50.8 Å². The van der Waals surface area contributed by atoms with Gasteiger partial charge in [0.15, 0.2) is 0 Å². The van der Waals surface area contributed by atoms with Crippen LogP contribution >= 0.6 is 0 Å². The molecule has 0 spiro atoms. The van der Waals surface area contributed by atoms with E-state index in [9.17, 15) is 30.6 Å². The summed E-state index contributed by atoms with van der Waals surface area (Å²) in [4.78, 5) is 27.2. The molecule has 7 rings (SSSR count). The zero-order chi connectivity index (χ0) is 41.8. The fourth-order valence-electron chi connectivity index (χ4n) is 5.80. The molecule has 0 atom stereocenters. The van der Waals surface area contributed by atoms with Gasteiger partial charge in [-0.05, 0) is 72.8 Å². The van der Waals surface area contributed by atoms with Gasteiger partial charge in [-0.25, -0.2) is 0 Å². The van der Waals surface area contributed by atoms with Gasteiger partial charge in [-0.1, -0.05) is 72.8 Å². The van der Waals surface area contributed by atoms with E-state index in [0.29, 0.717) is 50.8 Å². The summed E-state index contributed by atoms with van der Waals surface area (Å²) in [5.74, 6) is -1.44. The lowest BCUT2D eigenvalue weighted by molar-refractivity contribution is 0.424. The second-order valence-corrected chi connectivity index (χ2v) is 13.0. The van der Waals surface area contributed by atoms with Crippen molar-refractivity contribution in [3.05, 3.63) is 179 Å². The van der Waals surface area contributed by atoms with Crippen molar-refractivity contribution < 1.29 is 30.6 Å². The van der Waals surface area contributed by atoms with Crippen molar-refractivity contribution in [2.24, 2.45) is 30.0 Å². The first-order valence-electron chi connectivity index (χ1n) is 18.4. The lowest BCUT2D eigenvalue weighted by Crippen LogP contribution is -1.98. The van der Waals surface area contributed by atoms with Crippen LogP contribution in [0.15, 0.2) is 176 Å². The summed E-state index contributed by atoms with van der Waals surface area (Å²) >= 11 is 0. The van der Waals surface area contributed by atoms with Crippen LogP contribution in [0.4, 0.5) is 34.1 Å². The summed E-state index contributed by atoms with van der Waals surface area (Å²) in [5, 5.41) is 65.7. The standard InChI is InChI=1S/C48H36N6O6/c55-43-22-10-1-13-31(43)25-49-37-16-4-7-19-40(37)52-28-34-46(58)35(29-53-41-20-8-5-17-38(41)50-26-32-14-2-11-23-44(32)56)48(60)36(47(34)59)30-54-42-21-9-6-18-39(42)51-27-33-15-3-12-24-45(33)57/h1-30,55-60H. The molecule has 7 aromatic rings. The molecule has 0 heterocycles. The number of phenolic OH excluding ortho intramolecular Hbond substituents is 6. The van der Waals surface area contributed by atoms with Crippen LogP contribution < -0.4 is 0 Å². The number of rotatable bonds is 12. The number of benzene rings is 7. The van der Waals surface area contributed by atoms with Crippen LogP contribution in [-0.4, -0.2) is 67.9 Å². The summed E-state index contributed by atoms with van der Waals surface area (Å²) < 4.78 is 0. The number of hydrogen-bond donors (Lipinski definition) is 6. The minimum Gasteiger partial charge on any atom is -0.507 e. The number of phenols is 6. The molecule has 0 saturated carbocycles. The highest BCUT2D eigenvalue weighted by atomic mass is 16.3. The molecule has 0 aliphatic rings. The third-order valence-corrected chi connectivity index (χ3v) is 9.01. The van der Waals surface area contributed by atoms with E-state index < -0.39 is 17.2 Å². The predicted molar refractivity (Wildman–Crippen MR) is 239 cm³/mol. The van der Waals surface area contributed by atoms with Crippen LogP contribution in [0.3, 0.4) is 0 Å². The molecule has 0 aromatic heterocycles. The van der Waals surface area contributed by atoms with Gasteiger partial charge in [0.1, 0.15) is 34.5 Å². The maximum atomic E-state index is 11.7. The Hall–Kier alpha value is -8.64. The molecule has 0 fully saturated rings. The van der Waals surface area contributed by atoms with Gasteiger partial charge < -0.3 is 30.6 Å². The Morgan fingerprint density at radius 3 is 0.683 bits per heavy atom. The van der Waals surface area contributed by atoms with E-state index in [1.54, 1.807) is 146 Å². The average molecular weight is 793 g/mol. The monoisotopic (exact) mass is 792 g/mol. The van der Waals surface area contributed by atoms with Gasteiger partial charge in [0, 0.05) is 54.0 Å². The van der Waals surface area contributed by atoms with Crippen molar-refractivity contribution in [3.8, 4) is 34.5 Å². The fourth-order valence-corrected chi connectivity index (χ4v) is 5.80. The zero-order valence-corrected chi connectivity index (χ0v) is 31.7. The average Bonchev–Trinajstić information content (AvgIpc) is 3.26. The van der Waals surface area contributed by atoms with Gasteiger partial charge in [0.25, 0.3) is 0 Å². The molecule has 0 radical (unpaired) electrons. The highest BCUT2D eigenvalue weighted by molar-refractivity contribution is 6.05. The molecule has 12 heteroatoms. The van der Waals surface area contributed by atoms with Crippen LogP contribution in [0.2, 0.25) is 0 Å². The van der Waals surface area contributed by atoms with Crippen molar-refractivity contribution in [1.82, 2.24) is 0 Å². The quantitative estimate of drug-likeness (QED) is 0.0666.